The van der Waals surface area contributed by atoms with E-state index in [4.69, 9.17) is 9.47 Å². The van der Waals surface area contributed by atoms with Gasteiger partial charge in [0.1, 0.15) is 0 Å². The van der Waals surface area contributed by atoms with Crippen LogP contribution in [-0.2, 0) is 19.1 Å². The van der Waals surface area contributed by atoms with Crippen molar-refractivity contribution in [2.75, 3.05) is 0 Å². The van der Waals surface area contributed by atoms with Crippen LogP contribution >= 0.6 is 0 Å². The molecule has 4 nitrogen and oxygen atoms in total. The molecular weight excluding hydrogens is 280 g/mol. The third kappa shape index (κ3) is 13.7. The molecule has 0 saturated carbocycles. The average Bonchev–Trinajstić information content (AvgIpc) is 2.50. The minimum absolute atomic E-state index is 0.0690. The molecule has 0 amide bonds. The predicted octanol–water partition coefficient (Wildman–Crippen LogP) is 4.92. The monoisotopic (exact) mass is 312 g/mol. The number of hydrogen-bond donors (Lipinski definition) is 0. The Morgan fingerprint density at radius 3 is 2.32 bits per heavy atom. The first-order chi connectivity index (χ1) is 10.6. The van der Waals surface area contributed by atoms with Crippen molar-refractivity contribution in [3.05, 3.63) is 12.3 Å². The van der Waals surface area contributed by atoms with Gasteiger partial charge in [-0.3, -0.25) is 9.59 Å². The Balaban J connectivity index is 3.63. The molecule has 128 valence electrons. The van der Waals surface area contributed by atoms with Crippen molar-refractivity contribution in [1.29, 1.82) is 0 Å². The van der Waals surface area contributed by atoms with E-state index in [1.807, 2.05) is 13.0 Å². The number of hydrogen-bond acceptors (Lipinski definition) is 4. The summed E-state index contributed by atoms with van der Waals surface area (Å²) in [4.78, 5) is 23.0. The first-order valence-corrected chi connectivity index (χ1v) is 8.64. The topological polar surface area (TPSA) is 52.6 Å². The second-order valence-corrected chi connectivity index (χ2v) is 5.65. The minimum atomic E-state index is -0.386. The van der Waals surface area contributed by atoms with Crippen molar-refractivity contribution in [3.63, 3.8) is 0 Å². The van der Waals surface area contributed by atoms with Gasteiger partial charge in [0, 0.05) is 0 Å². The molecule has 0 rings (SSSR count). The van der Waals surface area contributed by atoms with Crippen molar-refractivity contribution < 1.29 is 19.1 Å². The Morgan fingerprint density at radius 2 is 1.64 bits per heavy atom. The Labute approximate surface area is 135 Å². The van der Waals surface area contributed by atoms with Crippen molar-refractivity contribution in [1.82, 2.24) is 0 Å². The number of allylic oxidation sites excluding steroid dienone is 1. The first-order valence-electron chi connectivity index (χ1n) is 8.64. The molecule has 4 heteroatoms. The maximum atomic E-state index is 11.5. The van der Waals surface area contributed by atoms with E-state index < -0.39 is 0 Å². The van der Waals surface area contributed by atoms with Gasteiger partial charge in [0.2, 0.25) is 0 Å². The van der Waals surface area contributed by atoms with Crippen molar-refractivity contribution >= 4 is 11.9 Å². The summed E-state index contributed by atoms with van der Waals surface area (Å²) in [5, 5.41) is 0. The molecule has 0 saturated heterocycles. The van der Waals surface area contributed by atoms with Crippen LogP contribution in [0.3, 0.4) is 0 Å². The zero-order chi connectivity index (χ0) is 16.6. The number of carbonyl (C=O) groups excluding carboxylic acids is 2. The summed E-state index contributed by atoms with van der Waals surface area (Å²) in [5.41, 5.74) is 0. The van der Waals surface area contributed by atoms with Gasteiger partial charge in [-0.2, -0.15) is 0 Å². The fourth-order valence-corrected chi connectivity index (χ4v) is 1.98. The molecule has 0 heterocycles. The lowest BCUT2D eigenvalue weighted by Gasteiger charge is -2.12. The highest BCUT2D eigenvalue weighted by atomic mass is 16.5. The Hall–Kier alpha value is -1.32. The molecule has 0 aliphatic heterocycles. The Bertz CT molecular complexity index is 323. The van der Waals surface area contributed by atoms with Crippen molar-refractivity contribution in [3.8, 4) is 0 Å². The third-order valence-electron chi connectivity index (χ3n) is 3.35. The maximum absolute atomic E-state index is 11.5. The van der Waals surface area contributed by atoms with E-state index in [2.05, 4.69) is 13.8 Å². The van der Waals surface area contributed by atoms with E-state index in [1.54, 1.807) is 0 Å². The van der Waals surface area contributed by atoms with Gasteiger partial charge in [-0.15, -0.1) is 0 Å². The smallest absolute Gasteiger partial charge is 0.311 e. The van der Waals surface area contributed by atoms with Crippen molar-refractivity contribution in [2.24, 2.45) is 0 Å². The molecule has 0 aliphatic rings. The van der Waals surface area contributed by atoms with Gasteiger partial charge < -0.3 is 9.47 Å². The van der Waals surface area contributed by atoms with Crippen molar-refractivity contribution in [2.45, 2.75) is 91.1 Å². The maximum Gasteiger partial charge on any atom is 0.311 e. The number of rotatable bonds is 13. The number of esters is 2. The molecule has 1 atom stereocenters. The quantitative estimate of drug-likeness (QED) is 0.275. The summed E-state index contributed by atoms with van der Waals surface area (Å²) >= 11 is 0. The molecular formula is C18H32O4. The van der Waals surface area contributed by atoms with Gasteiger partial charge in [-0.1, -0.05) is 46.0 Å². The van der Waals surface area contributed by atoms with Gasteiger partial charge >= 0.3 is 11.9 Å². The summed E-state index contributed by atoms with van der Waals surface area (Å²) in [6.45, 7) is 6.15. The first kappa shape index (κ1) is 20.7. The molecule has 1 unspecified atom stereocenters. The van der Waals surface area contributed by atoms with Gasteiger partial charge in [0.25, 0.3) is 0 Å². The summed E-state index contributed by atoms with van der Waals surface area (Å²) < 4.78 is 10.2. The van der Waals surface area contributed by atoms with E-state index >= 15 is 0 Å². The summed E-state index contributed by atoms with van der Waals surface area (Å²) in [5.74, 6) is -0.716. The van der Waals surface area contributed by atoms with Gasteiger partial charge in [-0.05, 0) is 32.3 Å². The molecule has 0 aromatic heterocycles. The fourth-order valence-electron chi connectivity index (χ4n) is 1.98. The lowest BCUT2D eigenvalue weighted by Crippen LogP contribution is -2.16. The van der Waals surface area contributed by atoms with Gasteiger partial charge in [0.15, 0.2) is 0 Å². The van der Waals surface area contributed by atoms with E-state index in [1.165, 1.54) is 25.5 Å². The zero-order valence-corrected chi connectivity index (χ0v) is 14.4. The minimum Gasteiger partial charge on any atom is -0.463 e. The average molecular weight is 312 g/mol. The molecule has 0 radical (unpaired) electrons. The van der Waals surface area contributed by atoms with E-state index in [0.29, 0.717) is 0 Å². The van der Waals surface area contributed by atoms with Crippen LogP contribution in [0.2, 0.25) is 0 Å². The fraction of sp³-hybridized carbons (Fsp3) is 0.778. The Kier molecular flexibility index (Phi) is 13.7. The normalized spacial score (nSPS) is 12.3. The molecule has 0 bridgehead atoms. The largest absolute Gasteiger partial charge is 0.463 e. The molecule has 0 N–H and O–H groups in total. The number of carbonyl (C=O) groups is 2. The SMILES string of the molecule is CCCCCCC=COC(=O)CCC(=O)OC(C)CCCC. The van der Waals surface area contributed by atoms with Gasteiger partial charge in [-0.25, -0.2) is 0 Å². The van der Waals surface area contributed by atoms with Gasteiger partial charge in [0.05, 0.1) is 25.2 Å². The summed E-state index contributed by atoms with van der Waals surface area (Å²) in [7, 11) is 0. The van der Waals surface area contributed by atoms with E-state index in [0.717, 1.165) is 32.1 Å². The van der Waals surface area contributed by atoms with Crippen LogP contribution in [0.15, 0.2) is 12.3 Å². The van der Waals surface area contributed by atoms with Crippen LogP contribution in [-0.4, -0.2) is 18.0 Å². The second kappa shape index (κ2) is 14.6. The molecule has 0 fully saturated rings. The van der Waals surface area contributed by atoms with Crippen LogP contribution < -0.4 is 0 Å². The second-order valence-electron chi connectivity index (χ2n) is 5.65. The molecule has 0 spiro atoms. The third-order valence-corrected chi connectivity index (χ3v) is 3.35. The standard InChI is InChI=1S/C18H32O4/c1-4-6-8-9-10-11-15-21-17(19)13-14-18(20)22-16(3)12-7-5-2/h11,15-16H,4-10,12-14H2,1-3H3. The lowest BCUT2D eigenvalue weighted by molar-refractivity contribution is -0.151. The van der Waals surface area contributed by atoms with Crippen LogP contribution in [0.1, 0.15) is 85.0 Å². The molecule has 0 aromatic rings. The highest BCUT2D eigenvalue weighted by molar-refractivity contribution is 5.77. The zero-order valence-electron chi connectivity index (χ0n) is 14.4. The summed E-state index contributed by atoms with van der Waals surface area (Å²) in [6, 6.07) is 0. The van der Waals surface area contributed by atoms with E-state index in [-0.39, 0.29) is 30.9 Å². The summed E-state index contributed by atoms with van der Waals surface area (Å²) in [6.07, 6.45) is 12.1. The molecule has 22 heavy (non-hydrogen) atoms. The lowest BCUT2D eigenvalue weighted by atomic mass is 10.1. The van der Waals surface area contributed by atoms with Crippen LogP contribution in [0.5, 0.6) is 0 Å². The Morgan fingerprint density at radius 1 is 0.955 bits per heavy atom. The molecule has 0 aromatic carbocycles. The van der Waals surface area contributed by atoms with Crippen LogP contribution in [0.25, 0.3) is 0 Å². The van der Waals surface area contributed by atoms with Crippen LogP contribution in [0.4, 0.5) is 0 Å². The molecule has 0 aliphatic carbocycles. The highest BCUT2D eigenvalue weighted by Crippen LogP contribution is 2.07. The highest BCUT2D eigenvalue weighted by Gasteiger charge is 2.11. The predicted molar refractivity (Wildman–Crippen MR) is 88.3 cm³/mol. The van der Waals surface area contributed by atoms with E-state index in [9.17, 15) is 9.59 Å². The number of ether oxygens (including phenoxy) is 2. The number of unbranched alkanes of at least 4 members (excludes halogenated alkanes) is 5. The van der Waals surface area contributed by atoms with Crippen LogP contribution in [0, 0.1) is 0 Å².